The maximum absolute atomic E-state index is 5.78. The van der Waals surface area contributed by atoms with Crippen molar-refractivity contribution in [1.82, 2.24) is 0 Å². The Hall–Kier alpha value is -1.96. The fraction of sp³-hybridized carbons (Fsp3) is 0.143. The summed E-state index contributed by atoms with van der Waals surface area (Å²) in [4.78, 5) is 0. The van der Waals surface area contributed by atoms with Crippen LogP contribution in [0.3, 0.4) is 0 Å². The molecule has 1 aliphatic heterocycles. The Bertz CT molecular complexity index is 534. The Balaban J connectivity index is 2.07. The molecule has 2 heteroatoms. The van der Waals surface area contributed by atoms with Crippen LogP contribution >= 0.6 is 0 Å². The summed E-state index contributed by atoms with van der Waals surface area (Å²) in [5.41, 5.74) is 10.2. The highest BCUT2D eigenvalue weighted by atomic mass is 16.5. The molecule has 0 radical (unpaired) electrons. The summed E-state index contributed by atoms with van der Waals surface area (Å²) in [6.45, 7) is 0.801. The van der Waals surface area contributed by atoms with Gasteiger partial charge in [0.25, 0.3) is 0 Å². The molecule has 2 N–H and O–H groups in total. The molecule has 3 rings (SSSR count). The number of benzene rings is 2. The second kappa shape index (κ2) is 3.56. The zero-order chi connectivity index (χ0) is 11.0. The van der Waals surface area contributed by atoms with Crippen molar-refractivity contribution in [2.24, 2.45) is 0 Å². The number of anilines is 1. The first-order chi connectivity index (χ1) is 7.83. The first-order valence-corrected chi connectivity index (χ1v) is 5.44. The van der Waals surface area contributed by atoms with Gasteiger partial charge in [0.1, 0.15) is 5.75 Å². The van der Waals surface area contributed by atoms with Crippen LogP contribution in [0.5, 0.6) is 5.75 Å². The van der Waals surface area contributed by atoms with Gasteiger partial charge in [-0.3, -0.25) is 0 Å². The quantitative estimate of drug-likeness (QED) is 0.736. The molecule has 0 saturated heterocycles. The van der Waals surface area contributed by atoms with E-state index in [9.17, 15) is 0 Å². The molecule has 0 aliphatic carbocycles. The second-order valence-corrected chi connectivity index (χ2v) is 4.05. The van der Waals surface area contributed by atoms with Gasteiger partial charge in [0.05, 0.1) is 6.61 Å². The predicted octanol–water partition coefficient (Wildman–Crippen LogP) is 2.87. The molecule has 0 atom stereocenters. The number of rotatable bonds is 1. The van der Waals surface area contributed by atoms with Crippen LogP contribution in [-0.2, 0) is 6.42 Å². The first-order valence-electron chi connectivity index (χ1n) is 5.44. The molecule has 0 aromatic heterocycles. The molecule has 0 saturated carbocycles. The number of nitrogens with two attached hydrogens (primary N) is 1. The van der Waals surface area contributed by atoms with Crippen molar-refractivity contribution in [1.29, 1.82) is 0 Å². The average Bonchev–Trinajstić information content (AvgIpc) is 2.75. The largest absolute Gasteiger partial charge is 0.493 e. The molecule has 0 spiro atoms. The van der Waals surface area contributed by atoms with E-state index in [-0.39, 0.29) is 0 Å². The number of nitrogen functional groups attached to an aromatic ring is 1. The van der Waals surface area contributed by atoms with Crippen LogP contribution in [-0.4, -0.2) is 6.61 Å². The molecule has 0 unspecified atom stereocenters. The van der Waals surface area contributed by atoms with Crippen LogP contribution < -0.4 is 10.5 Å². The van der Waals surface area contributed by atoms with Gasteiger partial charge in [-0.05, 0) is 41.0 Å². The normalized spacial score (nSPS) is 13.2. The molecule has 2 aromatic carbocycles. The van der Waals surface area contributed by atoms with E-state index in [1.807, 2.05) is 24.3 Å². The van der Waals surface area contributed by atoms with E-state index in [0.717, 1.165) is 30.0 Å². The molecule has 16 heavy (non-hydrogen) atoms. The fourth-order valence-corrected chi connectivity index (χ4v) is 2.08. The van der Waals surface area contributed by atoms with Gasteiger partial charge in [0.2, 0.25) is 0 Å². The zero-order valence-electron chi connectivity index (χ0n) is 8.94. The second-order valence-electron chi connectivity index (χ2n) is 4.05. The van der Waals surface area contributed by atoms with Crippen molar-refractivity contribution in [3.8, 4) is 16.9 Å². The SMILES string of the molecule is Nc1cccc(-c2ccc3c(c2)CCO3)c1. The summed E-state index contributed by atoms with van der Waals surface area (Å²) in [7, 11) is 0. The minimum atomic E-state index is 0.800. The molecule has 0 fully saturated rings. The average molecular weight is 211 g/mol. The molecule has 2 nitrogen and oxygen atoms in total. The standard InChI is InChI=1S/C14H13NO/c15-13-3-1-2-10(9-13)11-4-5-14-12(8-11)6-7-16-14/h1-5,8-9H,6-7,15H2. The summed E-state index contributed by atoms with van der Waals surface area (Å²) in [5, 5.41) is 0. The highest BCUT2D eigenvalue weighted by molar-refractivity contribution is 5.69. The summed E-state index contributed by atoms with van der Waals surface area (Å²) in [5.74, 6) is 1.02. The summed E-state index contributed by atoms with van der Waals surface area (Å²) in [6.07, 6.45) is 1.01. The van der Waals surface area contributed by atoms with Crippen LogP contribution in [0.1, 0.15) is 5.56 Å². The van der Waals surface area contributed by atoms with E-state index in [0.29, 0.717) is 0 Å². The van der Waals surface area contributed by atoms with Crippen LogP contribution in [0.15, 0.2) is 42.5 Å². The minimum absolute atomic E-state index is 0.800. The van der Waals surface area contributed by atoms with Crippen molar-refractivity contribution < 1.29 is 4.74 Å². The van der Waals surface area contributed by atoms with Crippen molar-refractivity contribution in [2.45, 2.75) is 6.42 Å². The van der Waals surface area contributed by atoms with Crippen molar-refractivity contribution in [3.05, 3.63) is 48.0 Å². The van der Waals surface area contributed by atoms with E-state index < -0.39 is 0 Å². The fourth-order valence-electron chi connectivity index (χ4n) is 2.08. The van der Waals surface area contributed by atoms with Crippen LogP contribution in [0.2, 0.25) is 0 Å². The maximum atomic E-state index is 5.78. The van der Waals surface area contributed by atoms with E-state index >= 15 is 0 Å². The van der Waals surface area contributed by atoms with Gasteiger partial charge < -0.3 is 10.5 Å². The third-order valence-corrected chi connectivity index (χ3v) is 2.91. The third kappa shape index (κ3) is 1.52. The molecule has 2 aromatic rings. The topological polar surface area (TPSA) is 35.2 Å². The smallest absolute Gasteiger partial charge is 0.122 e. The van der Waals surface area contributed by atoms with Gasteiger partial charge in [0, 0.05) is 12.1 Å². The highest BCUT2D eigenvalue weighted by Gasteiger charge is 2.12. The van der Waals surface area contributed by atoms with Gasteiger partial charge in [0.15, 0.2) is 0 Å². The van der Waals surface area contributed by atoms with Gasteiger partial charge in [-0.15, -0.1) is 0 Å². The summed E-state index contributed by atoms with van der Waals surface area (Å²) in [6, 6.07) is 14.3. The van der Waals surface area contributed by atoms with Gasteiger partial charge in [-0.2, -0.15) is 0 Å². The number of fused-ring (bicyclic) bond motifs is 1. The van der Waals surface area contributed by atoms with Gasteiger partial charge >= 0.3 is 0 Å². The van der Waals surface area contributed by atoms with E-state index in [1.54, 1.807) is 0 Å². The maximum Gasteiger partial charge on any atom is 0.122 e. The predicted molar refractivity (Wildman–Crippen MR) is 65.5 cm³/mol. The van der Waals surface area contributed by atoms with Gasteiger partial charge in [-0.25, -0.2) is 0 Å². The molecule has 80 valence electrons. The summed E-state index contributed by atoms with van der Waals surface area (Å²) < 4.78 is 5.49. The molecule has 1 aliphatic rings. The number of hydrogen-bond donors (Lipinski definition) is 1. The van der Waals surface area contributed by atoms with E-state index in [4.69, 9.17) is 10.5 Å². The van der Waals surface area contributed by atoms with Crippen molar-refractivity contribution >= 4 is 5.69 Å². The molecule has 0 bridgehead atoms. The van der Waals surface area contributed by atoms with Crippen molar-refractivity contribution in [2.75, 3.05) is 12.3 Å². The Kier molecular flexibility index (Phi) is 2.07. The summed E-state index contributed by atoms with van der Waals surface area (Å²) >= 11 is 0. The molecule has 1 heterocycles. The third-order valence-electron chi connectivity index (χ3n) is 2.91. The Labute approximate surface area is 94.7 Å². The number of hydrogen-bond acceptors (Lipinski definition) is 2. The van der Waals surface area contributed by atoms with Crippen LogP contribution in [0, 0.1) is 0 Å². The first kappa shape index (κ1) is 9.28. The number of ether oxygens (including phenoxy) is 1. The van der Waals surface area contributed by atoms with Gasteiger partial charge in [-0.1, -0.05) is 18.2 Å². The van der Waals surface area contributed by atoms with Crippen LogP contribution in [0.25, 0.3) is 11.1 Å². The lowest BCUT2D eigenvalue weighted by molar-refractivity contribution is 0.357. The highest BCUT2D eigenvalue weighted by Crippen LogP contribution is 2.30. The lowest BCUT2D eigenvalue weighted by atomic mass is 10.0. The Morgan fingerprint density at radius 2 is 1.88 bits per heavy atom. The Morgan fingerprint density at radius 3 is 2.75 bits per heavy atom. The zero-order valence-corrected chi connectivity index (χ0v) is 8.94. The minimum Gasteiger partial charge on any atom is -0.493 e. The van der Waals surface area contributed by atoms with E-state index in [2.05, 4.69) is 18.2 Å². The monoisotopic (exact) mass is 211 g/mol. The van der Waals surface area contributed by atoms with Crippen molar-refractivity contribution in [3.63, 3.8) is 0 Å². The molecular weight excluding hydrogens is 198 g/mol. The molecule has 0 amide bonds. The lowest BCUT2D eigenvalue weighted by Crippen LogP contribution is -1.86. The van der Waals surface area contributed by atoms with Crippen LogP contribution in [0.4, 0.5) is 5.69 Å². The molecular formula is C14H13NO. The lowest BCUT2D eigenvalue weighted by Gasteiger charge is -2.05. The Morgan fingerprint density at radius 1 is 1.00 bits per heavy atom. The van der Waals surface area contributed by atoms with E-state index in [1.165, 1.54) is 11.1 Å².